The van der Waals surface area contributed by atoms with E-state index in [1.807, 2.05) is 24.3 Å². The molecule has 0 radical (unpaired) electrons. The second-order valence-electron chi connectivity index (χ2n) is 2.70. The molecule has 0 N–H and O–H groups in total. The van der Waals surface area contributed by atoms with E-state index in [1.165, 1.54) is 11.6 Å². The fourth-order valence-corrected chi connectivity index (χ4v) is 1.18. The van der Waals surface area contributed by atoms with Crippen molar-refractivity contribution in [2.75, 3.05) is 6.54 Å². The molecule has 2 nitrogen and oxygen atoms in total. The summed E-state index contributed by atoms with van der Waals surface area (Å²) in [6.07, 6.45) is 3.31. The highest BCUT2D eigenvalue weighted by Crippen LogP contribution is 2.10. The van der Waals surface area contributed by atoms with Crippen LogP contribution in [0.3, 0.4) is 0 Å². The van der Waals surface area contributed by atoms with E-state index in [4.69, 9.17) is 11.6 Å². The van der Waals surface area contributed by atoms with E-state index in [9.17, 15) is 4.79 Å². The Labute approximate surface area is 82.3 Å². The van der Waals surface area contributed by atoms with Crippen molar-refractivity contribution in [2.24, 2.45) is 4.99 Å². The van der Waals surface area contributed by atoms with Gasteiger partial charge in [0.15, 0.2) is 0 Å². The summed E-state index contributed by atoms with van der Waals surface area (Å²) >= 11 is 5.73. The van der Waals surface area contributed by atoms with Crippen molar-refractivity contribution in [1.82, 2.24) is 0 Å². The number of aliphatic imine (C=N–C) groups is 1. The molecule has 0 aliphatic rings. The molecule has 13 heavy (non-hydrogen) atoms. The first-order valence-electron chi connectivity index (χ1n) is 4.11. The molecule has 0 aliphatic carbocycles. The zero-order chi connectivity index (χ0) is 9.52. The van der Waals surface area contributed by atoms with E-state index in [0.29, 0.717) is 6.54 Å². The highest BCUT2D eigenvalue weighted by molar-refractivity contribution is 6.30. The standard InChI is InChI=1S/C10H10ClNO/c11-10-5-3-9(4-6-10)2-1-7-12-8-13/h3-6H,1-2,7H2. The van der Waals surface area contributed by atoms with Crippen LogP contribution in [0, 0.1) is 0 Å². The van der Waals surface area contributed by atoms with Crippen LogP contribution in [0.4, 0.5) is 0 Å². The van der Waals surface area contributed by atoms with Gasteiger partial charge in [-0.3, -0.25) is 0 Å². The first-order valence-corrected chi connectivity index (χ1v) is 4.49. The van der Waals surface area contributed by atoms with Gasteiger partial charge in [0.1, 0.15) is 0 Å². The van der Waals surface area contributed by atoms with Crippen LogP contribution in [0.15, 0.2) is 29.3 Å². The predicted octanol–water partition coefficient (Wildman–Crippen LogP) is 2.61. The van der Waals surface area contributed by atoms with Crippen LogP contribution in [-0.2, 0) is 11.2 Å². The first-order chi connectivity index (χ1) is 6.33. The SMILES string of the molecule is O=C=NCCCc1ccc(Cl)cc1. The Morgan fingerprint density at radius 3 is 2.62 bits per heavy atom. The van der Waals surface area contributed by atoms with Gasteiger partial charge >= 0.3 is 0 Å². The summed E-state index contributed by atoms with van der Waals surface area (Å²) in [4.78, 5) is 13.2. The molecule has 0 spiro atoms. The number of benzene rings is 1. The van der Waals surface area contributed by atoms with Gasteiger partial charge in [-0.15, -0.1) is 0 Å². The van der Waals surface area contributed by atoms with Crippen molar-refractivity contribution in [3.63, 3.8) is 0 Å². The number of nitrogens with zero attached hydrogens (tertiary/aromatic N) is 1. The lowest BCUT2D eigenvalue weighted by atomic mass is 10.1. The summed E-state index contributed by atoms with van der Waals surface area (Å²) in [7, 11) is 0. The van der Waals surface area contributed by atoms with Crippen LogP contribution >= 0.6 is 11.6 Å². The molecule has 0 amide bonds. The van der Waals surface area contributed by atoms with E-state index in [2.05, 4.69) is 4.99 Å². The number of carbonyl (C=O) groups excluding carboxylic acids is 1. The fourth-order valence-electron chi connectivity index (χ4n) is 1.06. The fraction of sp³-hybridized carbons (Fsp3) is 0.300. The van der Waals surface area contributed by atoms with Crippen molar-refractivity contribution in [1.29, 1.82) is 0 Å². The van der Waals surface area contributed by atoms with Gasteiger partial charge in [-0.05, 0) is 30.5 Å². The number of aryl methyl sites for hydroxylation is 1. The molecule has 1 aromatic rings. The number of isocyanates is 1. The van der Waals surface area contributed by atoms with E-state index < -0.39 is 0 Å². The third-order valence-electron chi connectivity index (χ3n) is 1.71. The molecule has 0 fully saturated rings. The van der Waals surface area contributed by atoms with Crippen molar-refractivity contribution in [3.05, 3.63) is 34.9 Å². The van der Waals surface area contributed by atoms with Crippen molar-refractivity contribution in [3.8, 4) is 0 Å². The third-order valence-corrected chi connectivity index (χ3v) is 1.97. The molecule has 0 aliphatic heterocycles. The molecule has 0 bridgehead atoms. The number of rotatable bonds is 4. The Bertz CT molecular complexity index is 301. The van der Waals surface area contributed by atoms with E-state index in [1.54, 1.807) is 0 Å². The lowest BCUT2D eigenvalue weighted by molar-refractivity contribution is 0.562. The topological polar surface area (TPSA) is 29.4 Å². The molecule has 0 atom stereocenters. The molecular formula is C10H10ClNO. The van der Waals surface area contributed by atoms with Crippen molar-refractivity contribution in [2.45, 2.75) is 12.8 Å². The highest BCUT2D eigenvalue weighted by Gasteiger charge is 1.92. The molecule has 3 heteroatoms. The Hall–Kier alpha value is -1.11. The molecule has 0 heterocycles. The predicted molar refractivity (Wildman–Crippen MR) is 52.8 cm³/mol. The Balaban J connectivity index is 2.37. The molecule has 68 valence electrons. The number of hydrogen-bond acceptors (Lipinski definition) is 2. The van der Waals surface area contributed by atoms with E-state index in [-0.39, 0.29) is 0 Å². The highest BCUT2D eigenvalue weighted by atomic mass is 35.5. The Morgan fingerprint density at radius 1 is 1.31 bits per heavy atom. The molecule has 1 rings (SSSR count). The van der Waals surface area contributed by atoms with Crippen LogP contribution in [0.1, 0.15) is 12.0 Å². The van der Waals surface area contributed by atoms with Gasteiger partial charge in [-0.2, -0.15) is 0 Å². The second kappa shape index (κ2) is 5.52. The average Bonchev–Trinajstić information content (AvgIpc) is 2.15. The summed E-state index contributed by atoms with van der Waals surface area (Å²) in [5, 5.41) is 0.745. The van der Waals surface area contributed by atoms with Crippen LogP contribution in [-0.4, -0.2) is 12.6 Å². The molecule has 1 aromatic carbocycles. The summed E-state index contributed by atoms with van der Waals surface area (Å²) < 4.78 is 0. The van der Waals surface area contributed by atoms with Gasteiger partial charge in [0.05, 0.1) is 6.54 Å². The molecule has 0 saturated carbocycles. The maximum absolute atomic E-state index is 9.75. The Kier molecular flexibility index (Phi) is 4.24. The van der Waals surface area contributed by atoms with Gasteiger partial charge in [-0.25, -0.2) is 9.79 Å². The lowest BCUT2D eigenvalue weighted by Crippen LogP contribution is -1.87. The monoisotopic (exact) mass is 195 g/mol. The summed E-state index contributed by atoms with van der Waals surface area (Å²) in [5.74, 6) is 0. The average molecular weight is 196 g/mol. The third kappa shape index (κ3) is 3.88. The molecule has 0 saturated heterocycles. The van der Waals surface area contributed by atoms with E-state index in [0.717, 1.165) is 17.9 Å². The second-order valence-corrected chi connectivity index (χ2v) is 3.14. The lowest BCUT2D eigenvalue weighted by Gasteiger charge is -1.98. The van der Waals surface area contributed by atoms with Crippen LogP contribution in [0.2, 0.25) is 5.02 Å². The summed E-state index contributed by atoms with van der Waals surface area (Å²) in [5.41, 5.74) is 1.21. The van der Waals surface area contributed by atoms with Gasteiger partial charge in [0.2, 0.25) is 6.08 Å². The summed E-state index contributed by atoms with van der Waals surface area (Å²) in [6, 6.07) is 7.68. The smallest absolute Gasteiger partial charge is 0.211 e. The van der Waals surface area contributed by atoms with E-state index >= 15 is 0 Å². The van der Waals surface area contributed by atoms with Crippen molar-refractivity contribution >= 4 is 17.7 Å². The maximum atomic E-state index is 9.75. The minimum absolute atomic E-state index is 0.548. The normalized spacial score (nSPS) is 9.31. The van der Waals surface area contributed by atoms with Gasteiger partial charge < -0.3 is 0 Å². The van der Waals surface area contributed by atoms with Gasteiger partial charge in [-0.1, -0.05) is 23.7 Å². The largest absolute Gasteiger partial charge is 0.234 e. The molecule has 0 aromatic heterocycles. The zero-order valence-electron chi connectivity index (χ0n) is 7.16. The minimum atomic E-state index is 0.548. The number of halogens is 1. The van der Waals surface area contributed by atoms with Gasteiger partial charge in [0, 0.05) is 5.02 Å². The Morgan fingerprint density at radius 2 is 2.00 bits per heavy atom. The zero-order valence-corrected chi connectivity index (χ0v) is 7.92. The van der Waals surface area contributed by atoms with Crippen LogP contribution in [0.5, 0.6) is 0 Å². The molecular weight excluding hydrogens is 186 g/mol. The maximum Gasteiger partial charge on any atom is 0.234 e. The van der Waals surface area contributed by atoms with Crippen LogP contribution in [0.25, 0.3) is 0 Å². The number of hydrogen-bond donors (Lipinski definition) is 0. The quantitative estimate of drug-likeness (QED) is 0.413. The van der Waals surface area contributed by atoms with Crippen molar-refractivity contribution < 1.29 is 4.79 Å². The van der Waals surface area contributed by atoms with Crippen LogP contribution < -0.4 is 0 Å². The summed E-state index contributed by atoms with van der Waals surface area (Å²) in [6.45, 7) is 0.548. The molecule has 0 unspecified atom stereocenters. The minimum Gasteiger partial charge on any atom is -0.211 e. The van der Waals surface area contributed by atoms with Gasteiger partial charge in [0.25, 0.3) is 0 Å². The first kappa shape index (κ1) is 9.97.